The van der Waals surface area contributed by atoms with Crippen LogP contribution in [-0.2, 0) is 16.4 Å². The molecule has 2 aromatic rings. The Morgan fingerprint density at radius 1 is 1.15 bits per heavy atom. The number of benzene rings is 2. The van der Waals surface area contributed by atoms with E-state index in [1.54, 1.807) is 36.4 Å². The second kappa shape index (κ2) is 7.02. The molecule has 140 valence electrons. The van der Waals surface area contributed by atoms with E-state index in [1.807, 2.05) is 4.72 Å². The smallest absolute Gasteiger partial charge is 0.277 e. The quantitative estimate of drug-likeness (QED) is 0.833. The minimum atomic E-state index is -3.77. The summed E-state index contributed by atoms with van der Waals surface area (Å²) in [6, 6.07) is 11.0. The molecular formula is C18H19F3N2O2S. The Labute approximate surface area is 150 Å². The summed E-state index contributed by atoms with van der Waals surface area (Å²) < 4.78 is 66.4. The molecule has 26 heavy (non-hydrogen) atoms. The molecule has 2 aromatic carbocycles. The Balaban J connectivity index is 1.83. The summed E-state index contributed by atoms with van der Waals surface area (Å²) in [5.74, 6) is -3.53. The number of halogens is 3. The van der Waals surface area contributed by atoms with Gasteiger partial charge in [-0.3, -0.25) is 0 Å². The van der Waals surface area contributed by atoms with Gasteiger partial charge in [0.15, 0.2) is 0 Å². The van der Waals surface area contributed by atoms with E-state index in [4.69, 9.17) is 0 Å². The van der Waals surface area contributed by atoms with Crippen LogP contribution in [0.15, 0.2) is 48.5 Å². The van der Waals surface area contributed by atoms with Gasteiger partial charge in [-0.25, -0.2) is 26.3 Å². The minimum absolute atomic E-state index is 0.214. The molecule has 3 rings (SSSR count). The predicted octanol–water partition coefficient (Wildman–Crippen LogP) is 2.56. The van der Waals surface area contributed by atoms with Gasteiger partial charge in [0.05, 0.1) is 12.8 Å². The molecule has 0 aliphatic carbocycles. The normalized spacial score (nSPS) is 22.5. The van der Waals surface area contributed by atoms with Gasteiger partial charge < -0.3 is 5.32 Å². The molecule has 4 nitrogen and oxygen atoms in total. The summed E-state index contributed by atoms with van der Waals surface area (Å²) in [6.45, 7) is -0.589. The third-order valence-electron chi connectivity index (χ3n) is 4.34. The maximum absolute atomic E-state index is 14.0. The van der Waals surface area contributed by atoms with Crippen LogP contribution in [0.5, 0.6) is 0 Å². The Morgan fingerprint density at radius 3 is 2.46 bits per heavy atom. The lowest BCUT2D eigenvalue weighted by Crippen LogP contribution is -2.51. The van der Waals surface area contributed by atoms with Crippen LogP contribution in [0.1, 0.15) is 5.56 Å². The Bertz CT molecular complexity index is 903. The molecule has 0 aromatic heterocycles. The number of hydrogen-bond donors (Lipinski definition) is 2. The molecule has 1 saturated heterocycles. The molecule has 0 saturated carbocycles. The fraction of sp³-hybridized carbons (Fsp3) is 0.333. The maximum atomic E-state index is 14.0. The monoisotopic (exact) mass is 384 g/mol. The van der Waals surface area contributed by atoms with Gasteiger partial charge in [0.2, 0.25) is 10.0 Å². The van der Waals surface area contributed by atoms with Crippen molar-refractivity contribution in [3.8, 4) is 11.1 Å². The average molecular weight is 384 g/mol. The van der Waals surface area contributed by atoms with Crippen LogP contribution in [0.25, 0.3) is 11.1 Å². The van der Waals surface area contributed by atoms with E-state index in [9.17, 15) is 21.6 Å². The van der Waals surface area contributed by atoms with Gasteiger partial charge in [-0.2, -0.15) is 0 Å². The average Bonchev–Trinajstić information content (AvgIpc) is 2.81. The van der Waals surface area contributed by atoms with Crippen LogP contribution in [-0.4, -0.2) is 39.2 Å². The number of hydrogen-bond acceptors (Lipinski definition) is 3. The fourth-order valence-electron chi connectivity index (χ4n) is 3.18. The van der Waals surface area contributed by atoms with E-state index < -0.39 is 34.6 Å². The van der Waals surface area contributed by atoms with Gasteiger partial charge in [0.25, 0.3) is 5.92 Å². The summed E-state index contributed by atoms with van der Waals surface area (Å²) >= 11 is 0. The van der Waals surface area contributed by atoms with Crippen molar-refractivity contribution in [1.29, 1.82) is 0 Å². The van der Waals surface area contributed by atoms with E-state index >= 15 is 0 Å². The number of rotatable bonds is 5. The summed E-state index contributed by atoms with van der Waals surface area (Å²) in [5.41, 5.74) is 2.20. The zero-order valence-corrected chi connectivity index (χ0v) is 14.9. The van der Waals surface area contributed by atoms with Crippen LogP contribution < -0.4 is 10.0 Å². The van der Waals surface area contributed by atoms with Crippen LogP contribution in [0.3, 0.4) is 0 Å². The highest BCUT2D eigenvalue weighted by molar-refractivity contribution is 7.88. The number of sulfonamides is 1. The van der Waals surface area contributed by atoms with Crippen molar-refractivity contribution >= 4 is 10.0 Å². The molecule has 1 aliphatic heterocycles. The molecule has 1 fully saturated rings. The van der Waals surface area contributed by atoms with E-state index in [2.05, 4.69) is 5.32 Å². The largest absolute Gasteiger partial charge is 0.306 e. The molecule has 1 aliphatic rings. The lowest BCUT2D eigenvalue weighted by Gasteiger charge is -2.24. The summed E-state index contributed by atoms with van der Waals surface area (Å²) in [6.07, 6.45) is 1.08. The predicted molar refractivity (Wildman–Crippen MR) is 94.0 cm³/mol. The second-order valence-electron chi connectivity index (χ2n) is 6.53. The van der Waals surface area contributed by atoms with Crippen molar-refractivity contribution in [2.45, 2.75) is 24.4 Å². The maximum Gasteiger partial charge on any atom is 0.277 e. The van der Waals surface area contributed by atoms with Crippen molar-refractivity contribution in [1.82, 2.24) is 10.0 Å². The Hall–Kier alpha value is -1.90. The SMILES string of the molecule is CS(=O)(=O)N[C@@H]1[C@H](Cc2cccc(-c3cccc(F)c3)c2)NCC1(F)F. The standard InChI is InChI=1S/C18H19F3N2O2S/c1-26(24,25)23-17-16(22-11-18(17,20)21)9-12-4-2-5-13(8-12)14-6-3-7-15(19)10-14/h2-8,10,16-17,22-23H,9,11H2,1H3/t16-,17+/m0/s1. The van der Waals surface area contributed by atoms with E-state index in [-0.39, 0.29) is 12.2 Å². The lowest BCUT2D eigenvalue weighted by molar-refractivity contribution is -0.000808. The first-order valence-electron chi connectivity index (χ1n) is 8.07. The fourth-order valence-corrected chi connectivity index (χ4v) is 3.98. The highest BCUT2D eigenvalue weighted by atomic mass is 32.2. The van der Waals surface area contributed by atoms with E-state index in [1.165, 1.54) is 12.1 Å². The molecule has 2 N–H and O–H groups in total. The van der Waals surface area contributed by atoms with Crippen molar-refractivity contribution in [3.63, 3.8) is 0 Å². The van der Waals surface area contributed by atoms with E-state index in [0.717, 1.165) is 17.4 Å². The van der Waals surface area contributed by atoms with Crippen molar-refractivity contribution in [3.05, 3.63) is 59.9 Å². The summed E-state index contributed by atoms with van der Waals surface area (Å²) in [5, 5.41) is 2.70. The molecule has 0 amide bonds. The Morgan fingerprint density at radius 2 is 1.81 bits per heavy atom. The zero-order chi connectivity index (χ0) is 18.9. The van der Waals surface area contributed by atoms with Crippen LogP contribution in [0, 0.1) is 5.82 Å². The minimum Gasteiger partial charge on any atom is -0.306 e. The topological polar surface area (TPSA) is 58.2 Å². The van der Waals surface area contributed by atoms with Crippen LogP contribution >= 0.6 is 0 Å². The second-order valence-corrected chi connectivity index (χ2v) is 8.31. The molecule has 0 spiro atoms. The van der Waals surface area contributed by atoms with Gasteiger partial charge in [-0.1, -0.05) is 36.4 Å². The Kier molecular flexibility index (Phi) is 5.09. The number of nitrogens with one attached hydrogen (secondary N) is 2. The summed E-state index contributed by atoms with van der Waals surface area (Å²) in [7, 11) is -3.77. The van der Waals surface area contributed by atoms with Gasteiger partial charge in [-0.15, -0.1) is 0 Å². The third-order valence-corrected chi connectivity index (χ3v) is 5.02. The van der Waals surface area contributed by atoms with Crippen molar-refractivity contribution in [2.24, 2.45) is 0 Å². The molecule has 0 unspecified atom stereocenters. The van der Waals surface area contributed by atoms with Crippen LogP contribution in [0.2, 0.25) is 0 Å². The van der Waals surface area contributed by atoms with Gasteiger partial charge in [-0.05, 0) is 35.2 Å². The first-order valence-corrected chi connectivity index (χ1v) is 9.97. The molecule has 1 heterocycles. The first kappa shape index (κ1) is 18.9. The molecule has 2 atom stereocenters. The van der Waals surface area contributed by atoms with Crippen LogP contribution in [0.4, 0.5) is 13.2 Å². The molecule has 0 radical (unpaired) electrons. The third kappa shape index (κ3) is 4.44. The molecule has 8 heteroatoms. The summed E-state index contributed by atoms with van der Waals surface area (Å²) in [4.78, 5) is 0. The molecular weight excluding hydrogens is 365 g/mol. The first-order chi connectivity index (χ1) is 12.1. The lowest BCUT2D eigenvalue weighted by atomic mass is 9.96. The number of alkyl halides is 2. The van der Waals surface area contributed by atoms with Gasteiger partial charge in [0, 0.05) is 6.04 Å². The highest BCUT2D eigenvalue weighted by Crippen LogP contribution is 2.29. The van der Waals surface area contributed by atoms with Gasteiger partial charge in [0.1, 0.15) is 11.9 Å². The van der Waals surface area contributed by atoms with Crippen molar-refractivity contribution in [2.75, 3.05) is 12.8 Å². The van der Waals surface area contributed by atoms with Gasteiger partial charge >= 0.3 is 0 Å². The van der Waals surface area contributed by atoms with E-state index in [0.29, 0.717) is 5.56 Å². The zero-order valence-electron chi connectivity index (χ0n) is 14.0. The van der Waals surface area contributed by atoms with Crippen molar-refractivity contribution < 1.29 is 21.6 Å². The highest BCUT2D eigenvalue weighted by Gasteiger charge is 2.51. The molecule has 0 bridgehead atoms.